The van der Waals surface area contributed by atoms with Crippen molar-refractivity contribution in [3.63, 3.8) is 0 Å². The molecule has 0 radical (unpaired) electrons. The van der Waals surface area contributed by atoms with Crippen molar-refractivity contribution >= 4 is 17.6 Å². The highest BCUT2D eigenvalue weighted by Crippen LogP contribution is 2.17. The van der Waals surface area contributed by atoms with Crippen molar-refractivity contribution in [1.82, 2.24) is 5.32 Å². The van der Waals surface area contributed by atoms with E-state index in [1.165, 1.54) is 0 Å². The first-order valence-electron chi connectivity index (χ1n) is 6.76. The van der Waals surface area contributed by atoms with E-state index in [4.69, 9.17) is 10.5 Å². The highest BCUT2D eigenvalue weighted by Gasteiger charge is 2.10. The van der Waals surface area contributed by atoms with E-state index in [1.54, 1.807) is 13.0 Å². The number of ether oxygens (including phenoxy) is 1. The summed E-state index contributed by atoms with van der Waals surface area (Å²) in [6.45, 7) is 6.37. The van der Waals surface area contributed by atoms with Crippen molar-refractivity contribution in [1.29, 1.82) is 0 Å². The molecule has 0 aliphatic rings. The van der Waals surface area contributed by atoms with Crippen molar-refractivity contribution in [2.75, 3.05) is 18.9 Å². The van der Waals surface area contributed by atoms with Gasteiger partial charge in [0.05, 0.1) is 6.61 Å². The van der Waals surface area contributed by atoms with Crippen LogP contribution in [-0.2, 0) is 9.53 Å². The molecule has 1 rings (SSSR count). The Morgan fingerprint density at radius 1 is 1.25 bits per heavy atom. The van der Waals surface area contributed by atoms with Crippen LogP contribution in [0.3, 0.4) is 0 Å². The molecule has 110 valence electrons. The third kappa shape index (κ3) is 4.57. The molecule has 1 aromatic carbocycles. The zero-order chi connectivity index (χ0) is 15.1. The van der Waals surface area contributed by atoms with Crippen molar-refractivity contribution in [3.8, 4) is 0 Å². The SMILES string of the molecule is CCOC(=O)CCCNC(=O)c1cc(N)c(C)cc1C. The van der Waals surface area contributed by atoms with Crippen LogP contribution in [0, 0.1) is 13.8 Å². The second kappa shape index (κ2) is 7.53. The van der Waals surface area contributed by atoms with E-state index in [0.717, 1.165) is 11.1 Å². The van der Waals surface area contributed by atoms with Crippen LogP contribution in [0.4, 0.5) is 5.69 Å². The molecular weight excluding hydrogens is 256 g/mol. The summed E-state index contributed by atoms with van der Waals surface area (Å²) >= 11 is 0. The van der Waals surface area contributed by atoms with Crippen LogP contribution >= 0.6 is 0 Å². The molecule has 0 aliphatic heterocycles. The van der Waals surface area contributed by atoms with Crippen molar-refractivity contribution in [2.24, 2.45) is 0 Å². The molecule has 0 fully saturated rings. The number of nitrogens with one attached hydrogen (secondary N) is 1. The molecule has 20 heavy (non-hydrogen) atoms. The van der Waals surface area contributed by atoms with Gasteiger partial charge in [0.2, 0.25) is 0 Å². The lowest BCUT2D eigenvalue weighted by Crippen LogP contribution is -2.26. The Balaban J connectivity index is 2.48. The molecule has 0 aliphatic carbocycles. The van der Waals surface area contributed by atoms with Crippen molar-refractivity contribution in [3.05, 3.63) is 28.8 Å². The molecule has 0 bridgehead atoms. The predicted octanol–water partition coefficient (Wildman–Crippen LogP) is 1.96. The largest absolute Gasteiger partial charge is 0.466 e. The first-order valence-corrected chi connectivity index (χ1v) is 6.76. The van der Waals surface area contributed by atoms with Crippen LogP contribution in [-0.4, -0.2) is 25.0 Å². The van der Waals surface area contributed by atoms with Gasteiger partial charge in [-0.15, -0.1) is 0 Å². The average Bonchev–Trinajstić information content (AvgIpc) is 2.39. The summed E-state index contributed by atoms with van der Waals surface area (Å²) in [4.78, 5) is 23.2. The quantitative estimate of drug-likeness (QED) is 0.473. The summed E-state index contributed by atoms with van der Waals surface area (Å²) in [5.41, 5.74) is 8.84. The molecule has 0 saturated heterocycles. The summed E-state index contributed by atoms with van der Waals surface area (Å²) < 4.78 is 4.81. The third-order valence-corrected chi connectivity index (χ3v) is 3.01. The van der Waals surface area contributed by atoms with E-state index >= 15 is 0 Å². The Kier molecular flexibility index (Phi) is 6.03. The number of aryl methyl sites for hydroxylation is 2. The zero-order valence-electron chi connectivity index (χ0n) is 12.3. The second-order valence-electron chi connectivity index (χ2n) is 4.69. The fraction of sp³-hybridized carbons (Fsp3) is 0.467. The number of rotatable bonds is 6. The Bertz CT molecular complexity index is 498. The molecule has 1 aromatic rings. The number of benzene rings is 1. The van der Waals surface area contributed by atoms with Gasteiger partial charge in [0.1, 0.15) is 0 Å². The average molecular weight is 278 g/mol. The number of nitrogens with two attached hydrogens (primary N) is 1. The standard InChI is InChI=1S/C15H22N2O3/c1-4-20-14(18)6-5-7-17-15(19)12-9-13(16)11(3)8-10(12)2/h8-9H,4-7,16H2,1-3H3,(H,17,19). The maximum Gasteiger partial charge on any atom is 0.305 e. The van der Waals surface area contributed by atoms with Crippen LogP contribution in [0.25, 0.3) is 0 Å². The van der Waals surface area contributed by atoms with Crippen LogP contribution in [0.1, 0.15) is 41.3 Å². The topological polar surface area (TPSA) is 81.4 Å². The predicted molar refractivity (Wildman–Crippen MR) is 78.5 cm³/mol. The van der Waals surface area contributed by atoms with E-state index in [2.05, 4.69) is 5.32 Å². The van der Waals surface area contributed by atoms with Gasteiger partial charge in [-0.2, -0.15) is 0 Å². The van der Waals surface area contributed by atoms with E-state index in [-0.39, 0.29) is 11.9 Å². The highest BCUT2D eigenvalue weighted by atomic mass is 16.5. The smallest absolute Gasteiger partial charge is 0.305 e. The van der Waals surface area contributed by atoms with Crippen LogP contribution < -0.4 is 11.1 Å². The lowest BCUT2D eigenvalue weighted by Gasteiger charge is -2.10. The normalized spacial score (nSPS) is 10.2. The molecule has 0 unspecified atom stereocenters. The maximum atomic E-state index is 12.0. The number of nitrogen functional groups attached to an aromatic ring is 1. The molecule has 5 heteroatoms. The fourth-order valence-corrected chi connectivity index (χ4v) is 1.88. The van der Waals surface area contributed by atoms with Crippen molar-refractivity contribution in [2.45, 2.75) is 33.6 Å². The zero-order valence-corrected chi connectivity index (χ0v) is 12.3. The number of carbonyl (C=O) groups is 2. The Labute approximate surface area is 119 Å². The summed E-state index contributed by atoms with van der Waals surface area (Å²) in [6, 6.07) is 3.58. The molecule has 0 heterocycles. The molecule has 1 amide bonds. The molecule has 0 spiro atoms. The van der Waals surface area contributed by atoms with E-state index in [0.29, 0.717) is 37.2 Å². The number of esters is 1. The summed E-state index contributed by atoms with van der Waals surface area (Å²) in [5.74, 6) is -0.407. The van der Waals surface area contributed by atoms with Gasteiger partial charge in [-0.25, -0.2) is 0 Å². The molecule has 0 saturated carbocycles. The first kappa shape index (κ1) is 16.0. The van der Waals surface area contributed by atoms with E-state index < -0.39 is 0 Å². The molecule has 5 nitrogen and oxygen atoms in total. The molecule has 0 aromatic heterocycles. The number of hydrogen-bond acceptors (Lipinski definition) is 4. The number of carbonyl (C=O) groups excluding carboxylic acids is 2. The Morgan fingerprint density at radius 2 is 1.95 bits per heavy atom. The summed E-state index contributed by atoms with van der Waals surface area (Å²) in [7, 11) is 0. The van der Waals surface area contributed by atoms with Gasteiger partial charge in [0, 0.05) is 24.2 Å². The number of hydrogen-bond donors (Lipinski definition) is 2. The minimum absolute atomic E-state index is 0.168. The lowest BCUT2D eigenvalue weighted by atomic mass is 10.0. The number of anilines is 1. The molecule has 0 atom stereocenters. The first-order chi connectivity index (χ1) is 9.45. The van der Waals surface area contributed by atoms with E-state index in [1.807, 2.05) is 19.9 Å². The minimum atomic E-state index is -0.238. The Hall–Kier alpha value is -2.04. The van der Waals surface area contributed by atoms with Gasteiger partial charge in [-0.3, -0.25) is 9.59 Å². The van der Waals surface area contributed by atoms with Gasteiger partial charge >= 0.3 is 5.97 Å². The summed E-state index contributed by atoms with van der Waals surface area (Å²) in [5, 5.41) is 2.78. The fourth-order valence-electron chi connectivity index (χ4n) is 1.88. The molecular formula is C15H22N2O3. The van der Waals surface area contributed by atoms with Gasteiger partial charge < -0.3 is 15.8 Å². The highest BCUT2D eigenvalue weighted by molar-refractivity contribution is 5.96. The van der Waals surface area contributed by atoms with Crippen LogP contribution in [0.5, 0.6) is 0 Å². The van der Waals surface area contributed by atoms with Gasteiger partial charge in [0.25, 0.3) is 5.91 Å². The van der Waals surface area contributed by atoms with E-state index in [9.17, 15) is 9.59 Å². The minimum Gasteiger partial charge on any atom is -0.466 e. The number of amides is 1. The van der Waals surface area contributed by atoms with Gasteiger partial charge in [0.15, 0.2) is 0 Å². The third-order valence-electron chi connectivity index (χ3n) is 3.01. The summed E-state index contributed by atoms with van der Waals surface area (Å²) in [6.07, 6.45) is 0.869. The van der Waals surface area contributed by atoms with Crippen molar-refractivity contribution < 1.29 is 14.3 Å². The lowest BCUT2D eigenvalue weighted by molar-refractivity contribution is -0.143. The second-order valence-corrected chi connectivity index (χ2v) is 4.69. The molecule has 3 N–H and O–H groups in total. The van der Waals surface area contributed by atoms with Gasteiger partial charge in [-0.05, 0) is 44.4 Å². The Morgan fingerprint density at radius 3 is 2.60 bits per heavy atom. The van der Waals surface area contributed by atoms with Crippen LogP contribution in [0.15, 0.2) is 12.1 Å². The van der Waals surface area contributed by atoms with Gasteiger partial charge in [-0.1, -0.05) is 6.07 Å². The van der Waals surface area contributed by atoms with Crippen LogP contribution in [0.2, 0.25) is 0 Å². The maximum absolute atomic E-state index is 12.0. The monoisotopic (exact) mass is 278 g/mol.